The molecule has 0 fully saturated rings. The lowest BCUT2D eigenvalue weighted by Gasteiger charge is -2.20. The van der Waals surface area contributed by atoms with Gasteiger partial charge in [-0.05, 0) is 56.6 Å². The Labute approximate surface area is 124 Å². The van der Waals surface area contributed by atoms with Gasteiger partial charge >= 0.3 is 0 Å². The second-order valence-corrected chi connectivity index (χ2v) is 5.67. The number of hydrogen-bond acceptors (Lipinski definition) is 1. The van der Waals surface area contributed by atoms with Crippen molar-refractivity contribution in [2.75, 3.05) is 7.05 Å². The summed E-state index contributed by atoms with van der Waals surface area (Å²) in [6, 6.07) is 9.55. The Kier molecular flexibility index (Phi) is 4.46. The third-order valence-corrected chi connectivity index (χ3v) is 3.78. The smallest absolute Gasteiger partial charge is 0.127 e. The number of hydrogen-bond donors (Lipinski definition) is 1. The molecule has 0 spiro atoms. The first kappa shape index (κ1) is 15.0. The average Bonchev–Trinajstić information content (AvgIpc) is 2.35. The van der Waals surface area contributed by atoms with Crippen molar-refractivity contribution in [1.82, 2.24) is 5.32 Å². The topological polar surface area (TPSA) is 12.0 Å². The van der Waals surface area contributed by atoms with E-state index in [0.717, 1.165) is 11.1 Å². The lowest BCUT2D eigenvalue weighted by Crippen LogP contribution is -2.18. The van der Waals surface area contributed by atoms with Gasteiger partial charge in [0, 0.05) is 5.02 Å². The monoisotopic (exact) mass is 291 g/mol. The minimum absolute atomic E-state index is 0.0413. The van der Waals surface area contributed by atoms with Gasteiger partial charge < -0.3 is 5.32 Å². The van der Waals surface area contributed by atoms with Crippen LogP contribution in [0.5, 0.6) is 0 Å². The van der Waals surface area contributed by atoms with Gasteiger partial charge in [0.25, 0.3) is 0 Å². The minimum Gasteiger partial charge on any atom is -0.309 e. The van der Waals surface area contributed by atoms with E-state index in [4.69, 9.17) is 11.6 Å². The third kappa shape index (κ3) is 3.02. The van der Waals surface area contributed by atoms with Crippen LogP contribution in [0.4, 0.5) is 4.39 Å². The highest BCUT2D eigenvalue weighted by molar-refractivity contribution is 6.31. The number of halogens is 2. The summed E-state index contributed by atoms with van der Waals surface area (Å²) in [7, 11) is 1.89. The van der Waals surface area contributed by atoms with Crippen molar-refractivity contribution in [3.05, 3.63) is 69.0 Å². The molecular weight excluding hydrogens is 273 g/mol. The van der Waals surface area contributed by atoms with Crippen molar-refractivity contribution < 1.29 is 4.39 Å². The van der Waals surface area contributed by atoms with Gasteiger partial charge in [-0.3, -0.25) is 0 Å². The molecule has 1 N–H and O–H groups in total. The fourth-order valence-corrected chi connectivity index (χ4v) is 2.84. The standard InChI is InChI=1S/C17H19ClFN/c1-10-5-11(2)7-13(6-10)17(20-4)14-8-12(3)16(19)9-15(14)18/h5-9,17,20H,1-4H3. The Balaban J connectivity index is 2.55. The first-order valence-electron chi connectivity index (χ1n) is 6.63. The quantitative estimate of drug-likeness (QED) is 0.863. The van der Waals surface area contributed by atoms with Crippen LogP contribution >= 0.6 is 11.6 Å². The summed E-state index contributed by atoms with van der Waals surface area (Å²) in [6.45, 7) is 5.89. The summed E-state index contributed by atoms with van der Waals surface area (Å²) < 4.78 is 13.6. The molecule has 2 rings (SSSR count). The van der Waals surface area contributed by atoms with Crippen LogP contribution < -0.4 is 5.32 Å². The SMILES string of the molecule is CNC(c1cc(C)cc(C)c1)c1cc(C)c(F)cc1Cl. The van der Waals surface area contributed by atoms with Crippen molar-refractivity contribution in [2.45, 2.75) is 26.8 Å². The highest BCUT2D eigenvalue weighted by atomic mass is 35.5. The van der Waals surface area contributed by atoms with E-state index in [9.17, 15) is 4.39 Å². The molecule has 0 radical (unpaired) electrons. The van der Waals surface area contributed by atoms with Gasteiger partial charge in [0.2, 0.25) is 0 Å². The molecule has 0 amide bonds. The zero-order valence-corrected chi connectivity index (χ0v) is 13.0. The molecule has 1 atom stereocenters. The van der Waals surface area contributed by atoms with Gasteiger partial charge in [-0.25, -0.2) is 4.39 Å². The largest absolute Gasteiger partial charge is 0.309 e. The van der Waals surface area contributed by atoms with Crippen LogP contribution in [0.25, 0.3) is 0 Å². The van der Waals surface area contributed by atoms with E-state index >= 15 is 0 Å². The summed E-state index contributed by atoms with van der Waals surface area (Å²) in [6.07, 6.45) is 0. The zero-order valence-electron chi connectivity index (χ0n) is 12.2. The van der Waals surface area contributed by atoms with Crippen LogP contribution in [0.15, 0.2) is 30.3 Å². The molecule has 0 aliphatic heterocycles. The number of aryl methyl sites for hydroxylation is 3. The van der Waals surface area contributed by atoms with E-state index in [2.05, 4.69) is 37.4 Å². The minimum atomic E-state index is -0.269. The molecule has 0 aromatic heterocycles. The number of rotatable bonds is 3. The normalized spacial score (nSPS) is 12.5. The maximum absolute atomic E-state index is 13.6. The average molecular weight is 292 g/mol. The van der Waals surface area contributed by atoms with E-state index in [1.54, 1.807) is 6.92 Å². The van der Waals surface area contributed by atoms with Crippen LogP contribution in [0.3, 0.4) is 0 Å². The fraction of sp³-hybridized carbons (Fsp3) is 0.294. The van der Waals surface area contributed by atoms with Crippen molar-refractivity contribution in [3.8, 4) is 0 Å². The van der Waals surface area contributed by atoms with Crippen molar-refractivity contribution in [1.29, 1.82) is 0 Å². The van der Waals surface area contributed by atoms with Crippen LogP contribution in [-0.2, 0) is 0 Å². The van der Waals surface area contributed by atoms with Crippen LogP contribution in [-0.4, -0.2) is 7.05 Å². The summed E-state index contributed by atoms with van der Waals surface area (Å²) in [4.78, 5) is 0. The van der Waals surface area contributed by atoms with Gasteiger partial charge in [0.15, 0.2) is 0 Å². The van der Waals surface area contributed by atoms with E-state index < -0.39 is 0 Å². The predicted octanol–water partition coefficient (Wildman–Crippen LogP) is 4.71. The molecule has 1 nitrogen and oxygen atoms in total. The molecule has 0 saturated carbocycles. The maximum Gasteiger partial charge on any atom is 0.127 e. The highest BCUT2D eigenvalue weighted by Crippen LogP contribution is 2.31. The van der Waals surface area contributed by atoms with Crippen LogP contribution in [0.2, 0.25) is 5.02 Å². The van der Waals surface area contributed by atoms with Crippen molar-refractivity contribution in [3.63, 3.8) is 0 Å². The van der Waals surface area contributed by atoms with Gasteiger partial charge in [-0.1, -0.05) is 40.9 Å². The van der Waals surface area contributed by atoms with Crippen LogP contribution in [0.1, 0.15) is 33.9 Å². The van der Waals surface area contributed by atoms with E-state index in [1.165, 1.54) is 17.2 Å². The Bertz CT molecular complexity index is 617. The fourth-order valence-electron chi connectivity index (χ4n) is 2.58. The Hall–Kier alpha value is -1.38. The molecule has 1 unspecified atom stereocenters. The molecule has 0 heterocycles. The third-order valence-electron chi connectivity index (χ3n) is 3.45. The molecule has 0 aliphatic carbocycles. The molecule has 20 heavy (non-hydrogen) atoms. The van der Waals surface area contributed by atoms with Gasteiger partial charge in [0.05, 0.1) is 6.04 Å². The first-order chi connectivity index (χ1) is 9.42. The second-order valence-electron chi connectivity index (χ2n) is 5.27. The Morgan fingerprint density at radius 3 is 2.15 bits per heavy atom. The maximum atomic E-state index is 13.6. The summed E-state index contributed by atoms with van der Waals surface area (Å²) in [5.41, 5.74) is 5.05. The summed E-state index contributed by atoms with van der Waals surface area (Å²) in [5, 5.41) is 3.72. The lowest BCUT2D eigenvalue weighted by molar-refractivity contribution is 0.614. The van der Waals surface area contributed by atoms with Gasteiger partial charge in [0.1, 0.15) is 5.82 Å². The first-order valence-corrected chi connectivity index (χ1v) is 7.01. The molecule has 0 saturated heterocycles. The lowest BCUT2D eigenvalue weighted by atomic mass is 9.94. The number of nitrogens with one attached hydrogen (secondary N) is 1. The Morgan fingerprint density at radius 1 is 1.00 bits per heavy atom. The highest BCUT2D eigenvalue weighted by Gasteiger charge is 2.17. The van der Waals surface area contributed by atoms with E-state index in [0.29, 0.717) is 10.6 Å². The predicted molar refractivity (Wildman–Crippen MR) is 83.0 cm³/mol. The van der Waals surface area contributed by atoms with Crippen molar-refractivity contribution >= 4 is 11.6 Å². The van der Waals surface area contributed by atoms with E-state index in [-0.39, 0.29) is 11.9 Å². The molecule has 0 aliphatic rings. The number of benzene rings is 2. The van der Waals surface area contributed by atoms with Crippen LogP contribution in [0, 0.1) is 26.6 Å². The molecule has 0 bridgehead atoms. The summed E-state index contributed by atoms with van der Waals surface area (Å²) >= 11 is 6.22. The zero-order chi connectivity index (χ0) is 14.9. The summed E-state index contributed by atoms with van der Waals surface area (Å²) in [5.74, 6) is -0.269. The second kappa shape index (κ2) is 5.94. The Morgan fingerprint density at radius 2 is 1.60 bits per heavy atom. The van der Waals surface area contributed by atoms with Gasteiger partial charge in [-0.15, -0.1) is 0 Å². The van der Waals surface area contributed by atoms with E-state index in [1.807, 2.05) is 13.1 Å². The molecule has 2 aromatic carbocycles. The van der Waals surface area contributed by atoms with Gasteiger partial charge in [-0.2, -0.15) is 0 Å². The molecule has 106 valence electrons. The molecule has 2 aromatic rings. The molecular formula is C17H19ClFN. The van der Waals surface area contributed by atoms with Crippen molar-refractivity contribution in [2.24, 2.45) is 0 Å². The molecule has 3 heteroatoms.